The zero-order chi connectivity index (χ0) is 15.6. The van der Waals surface area contributed by atoms with Gasteiger partial charge < -0.3 is 10.6 Å². The molecular weight excluding hydrogens is 274 g/mol. The molecule has 110 valence electrons. The van der Waals surface area contributed by atoms with Crippen molar-refractivity contribution in [3.8, 4) is 0 Å². The van der Waals surface area contributed by atoms with Gasteiger partial charge in [-0.2, -0.15) is 0 Å². The standard InChI is InChI=1S/C16H16F2N2O/c1-3-20(12-6-4-5-11(19)9-12)16(21)14-13(17)8-7-10(2)15(14)18/h4-9H,3,19H2,1-2H3. The van der Waals surface area contributed by atoms with Crippen molar-refractivity contribution in [3.63, 3.8) is 0 Å². The highest BCUT2D eigenvalue weighted by Crippen LogP contribution is 2.23. The van der Waals surface area contributed by atoms with Gasteiger partial charge in [-0.15, -0.1) is 0 Å². The number of hydrogen-bond acceptors (Lipinski definition) is 2. The summed E-state index contributed by atoms with van der Waals surface area (Å²) in [5.74, 6) is -2.42. The minimum absolute atomic E-state index is 0.225. The molecule has 0 unspecified atom stereocenters. The van der Waals surface area contributed by atoms with E-state index in [0.29, 0.717) is 11.4 Å². The Morgan fingerprint density at radius 1 is 1.24 bits per heavy atom. The van der Waals surface area contributed by atoms with Crippen LogP contribution in [-0.2, 0) is 0 Å². The summed E-state index contributed by atoms with van der Waals surface area (Å²) in [7, 11) is 0. The topological polar surface area (TPSA) is 46.3 Å². The maximum Gasteiger partial charge on any atom is 0.264 e. The van der Waals surface area contributed by atoms with Gasteiger partial charge in [0.25, 0.3) is 5.91 Å². The van der Waals surface area contributed by atoms with E-state index < -0.39 is 23.1 Å². The summed E-state index contributed by atoms with van der Waals surface area (Å²) in [5, 5.41) is 0. The summed E-state index contributed by atoms with van der Waals surface area (Å²) in [6, 6.07) is 9.02. The predicted octanol–water partition coefficient (Wildman–Crippen LogP) is 3.52. The molecule has 2 N–H and O–H groups in total. The van der Waals surface area contributed by atoms with E-state index in [1.54, 1.807) is 31.2 Å². The van der Waals surface area contributed by atoms with Gasteiger partial charge in [-0.05, 0) is 43.7 Å². The van der Waals surface area contributed by atoms with Gasteiger partial charge in [0.05, 0.1) is 0 Å². The third kappa shape index (κ3) is 2.86. The fraction of sp³-hybridized carbons (Fsp3) is 0.188. The molecule has 0 spiro atoms. The van der Waals surface area contributed by atoms with Gasteiger partial charge in [0.2, 0.25) is 0 Å². The van der Waals surface area contributed by atoms with Crippen LogP contribution in [0.25, 0.3) is 0 Å². The molecule has 0 aliphatic rings. The van der Waals surface area contributed by atoms with Crippen LogP contribution in [0.1, 0.15) is 22.8 Å². The Labute approximate surface area is 122 Å². The molecule has 2 aromatic rings. The van der Waals surface area contributed by atoms with Crippen molar-refractivity contribution in [1.82, 2.24) is 0 Å². The van der Waals surface area contributed by atoms with Gasteiger partial charge >= 0.3 is 0 Å². The van der Waals surface area contributed by atoms with E-state index in [4.69, 9.17) is 5.73 Å². The van der Waals surface area contributed by atoms with Crippen molar-refractivity contribution in [2.45, 2.75) is 13.8 Å². The number of halogens is 2. The quantitative estimate of drug-likeness (QED) is 0.879. The highest BCUT2D eigenvalue weighted by molar-refractivity contribution is 6.06. The number of carbonyl (C=O) groups is 1. The molecule has 1 amide bonds. The molecule has 2 aromatic carbocycles. The van der Waals surface area contributed by atoms with Gasteiger partial charge in [-0.3, -0.25) is 4.79 Å². The fourth-order valence-electron chi connectivity index (χ4n) is 2.12. The number of nitrogens with two attached hydrogens (primary N) is 1. The smallest absolute Gasteiger partial charge is 0.264 e. The van der Waals surface area contributed by atoms with Crippen LogP contribution in [0.4, 0.5) is 20.2 Å². The number of anilines is 2. The number of hydrogen-bond donors (Lipinski definition) is 1. The highest BCUT2D eigenvalue weighted by Gasteiger charge is 2.24. The minimum atomic E-state index is -0.870. The Bertz CT molecular complexity index is 686. The average Bonchev–Trinajstić information content (AvgIpc) is 2.44. The second kappa shape index (κ2) is 5.91. The lowest BCUT2D eigenvalue weighted by molar-refractivity contribution is 0.0980. The lowest BCUT2D eigenvalue weighted by atomic mass is 10.1. The Hall–Kier alpha value is -2.43. The molecule has 0 bridgehead atoms. The molecule has 0 atom stereocenters. The molecule has 0 heterocycles. The number of amides is 1. The fourth-order valence-corrected chi connectivity index (χ4v) is 2.12. The van der Waals surface area contributed by atoms with Gasteiger partial charge in [-0.1, -0.05) is 12.1 Å². The van der Waals surface area contributed by atoms with Crippen LogP contribution in [0.2, 0.25) is 0 Å². The van der Waals surface area contributed by atoms with Crippen molar-refractivity contribution >= 4 is 17.3 Å². The third-order valence-corrected chi connectivity index (χ3v) is 3.24. The number of nitrogen functional groups attached to an aromatic ring is 1. The number of rotatable bonds is 3. The molecule has 0 radical (unpaired) electrons. The summed E-state index contributed by atoms with van der Waals surface area (Å²) in [6.45, 7) is 3.49. The van der Waals surface area contributed by atoms with E-state index in [-0.39, 0.29) is 12.1 Å². The lowest BCUT2D eigenvalue weighted by Gasteiger charge is -2.22. The first-order valence-electron chi connectivity index (χ1n) is 6.57. The van der Waals surface area contributed by atoms with Crippen LogP contribution >= 0.6 is 0 Å². The summed E-state index contributed by atoms with van der Waals surface area (Å²) in [4.78, 5) is 13.8. The van der Waals surface area contributed by atoms with Gasteiger partial charge in [0.15, 0.2) is 0 Å². The maximum atomic E-state index is 14.1. The van der Waals surface area contributed by atoms with Crippen LogP contribution < -0.4 is 10.6 Å². The summed E-state index contributed by atoms with van der Waals surface area (Å²) >= 11 is 0. The first-order valence-corrected chi connectivity index (χ1v) is 6.57. The normalized spacial score (nSPS) is 10.5. The SMILES string of the molecule is CCN(C(=O)c1c(F)ccc(C)c1F)c1cccc(N)c1. The molecule has 2 rings (SSSR count). The first-order chi connectivity index (χ1) is 9.95. The van der Waals surface area contributed by atoms with E-state index in [1.165, 1.54) is 17.9 Å². The number of nitrogens with zero attached hydrogens (tertiary/aromatic N) is 1. The van der Waals surface area contributed by atoms with E-state index in [0.717, 1.165) is 6.07 Å². The van der Waals surface area contributed by atoms with Crippen LogP contribution in [0.3, 0.4) is 0 Å². The Morgan fingerprint density at radius 3 is 2.57 bits per heavy atom. The third-order valence-electron chi connectivity index (χ3n) is 3.24. The van der Waals surface area contributed by atoms with E-state index in [2.05, 4.69) is 0 Å². The van der Waals surface area contributed by atoms with Crippen molar-refractivity contribution in [3.05, 3.63) is 59.2 Å². The van der Waals surface area contributed by atoms with E-state index in [9.17, 15) is 13.6 Å². The molecule has 0 aromatic heterocycles. The van der Waals surface area contributed by atoms with Crippen molar-refractivity contribution in [2.24, 2.45) is 0 Å². The Morgan fingerprint density at radius 2 is 1.95 bits per heavy atom. The van der Waals surface area contributed by atoms with Gasteiger partial charge in [-0.25, -0.2) is 8.78 Å². The molecule has 0 aliphatic heterocycles. The number of carbonyl (C=O) groups excluding carboxylic acids is 1. The van der Waals surface area contributed by atoms with Crippen LogP contribution in [0, 0.1) is 18.6 Å². The van der Waals surface area contributed by atoms with Gasteiger partial charge in [0, 0.05) is 17.9 Å². The minimum Gasteiger partial charge on any atom is -0.399 e. The average molecular weight is 290 g/mol. The zero-order valence-corrected chi connectivity index (χ0v) is 11.9. The summed E-state index contributed by atoms with van der Waals surface area (Å²) < 4.78 is 28.0. The maximum absolute atomic E-state index is 14.1. The molecule has 0 saturated heterocycles. The summed E-state index contributed by atoms with van der Waals surface area (Å²) in [5.41, 5.74) is 6.35. The van der Waals surface area contributed by atoms with Crippen molar-refractivity contribution < 1.29 is 13.6 Å². The van der Waals surface area contributed by atoms with Crippen molar-refractivity contribution in [2.75, 3.05) is 17.2 Å². The second-order valence-corrected chi connectivity index (χ2v) is 4.70. The summed E-state index contributed by atoms with van der Waals surface area (Å²) in [6.07, 6.45) is 0. The predicted molar refractivity (Wildman–Crippen MR) is 79.3 cm³/mol. The largest absolute Gasteiger partial charge is 0.399 e. The second-order valence-electron chi connectivity index (χ2n) is 4.70. The van der Waals surface area contributed by atoms with Crippen LogP contribution in [0.15, 0.2) is 36.4 Å². The number of aryl methyl sites for hydroxylation is 1. The molecule has 5 heteroatoms. The van der Waals surface area contributed by atoms with E-state index >= 15 is 0 Å². The molecule has 0 fully saturated rings. The van der Waals surface area contributed by atoms with Crippen LogP contribution in [-0.4, -0.2) is 12.5 Å². The Balaban J connectivity index is 2.49. The molecule has 3 nitrogen and oxygen atoms in total. The zero-order valence-electron chi connectivity index (χ0n) is 11.9. The molecule has 21 heavy (non-hydrogen) atoms. The molecular formula is C16H16F2N2O. The monoisotopic (exact) mass is 290 g/mol. The Kier molecular flexibility index (Phi) is 4.21. The molecule has 0 saturated carbocycles. The molecule has 0 aliphatic carbocycles. The van der Waals surface area contributed by atoms with E-state index in [1.807, 2.05) is 0 Å². The number of benzene rings is 2. The van der Waals surface area contributed by atoms with Gasteiger partial charge in [0.1, 0.15) is 17.2 Å². The highest BCUT2D eigenvalue weighted by atomic mass is 19.1. The van der Waals surface area contributed by atoms with Crippen molar-refractivity contribution in [1.29, 1.82) is 0 Å². The lowest BCUT2D eigenvalue weighted by Crippen LogP contribution is -2.32. The van der Waals surface area contributed by atoms with Crippen LogP contribution in [0.5, 0.6) is 0 Å². The first kappa shape index (κ1) is 15.0.